The lowest BCUT2D eigenvalue weighted by molar-refractivity contribution is 0.191. The summed E-state index contributed by atoms with van der Waals surface area (Å²) in [6.45, 7) is 2.63. The number of nitrogens with one attached hydrogen (secondary N) is 2. The summed E-state index contributed by atoms with van der Waals surface area (Å²) in [5, 5.41) is 12.9. The van der Waals surface area contributed by atoms with Gasteiger partial charge in [-0.25, -0.2) is 13.2 Å². The van der Waals surface area contributed by atoms with Crippen molar-refractivity contribution >= 4 is 10.9 Å². The molecule has 1 unspecified atom stereocenters. The minimum absolute atomic E-state index is 0.228. The molecule has 0 aliphatic rings. The maximum Gasteiger partial charge on any atom is 0.150 e. The van der Waals surface area contributed by atoms with E-state index in [9.17, 15) is 18.3 Å². The molecule has 2 aromatic carbocycles. The van der Waals surface area contributed by atoms with Gasteiger partial charge >= 0.3 is 0 Å². The number of aliphatic hydroxyl groups excluding tert-OH is 1. The fourth-order valence-corrected chi connectivity index (χ4v) is 2.92. The lowest BCUT2D eigenvalue weighted by atomic mass is 10.0. The molecule has 3 rings (SSSR count). The second-order valence-corrected chi connectivity index (χ2v) is 6.10. The number of aromatic amines is 1. The molecule has 0 aliphatic carbocycles. The van der Waals surface area contributed by atoms with E-state index < -0.39 is 17.7 Å². The number of halogens is 3. The first-order valence-corrected chi connectivity index (χ1v) is 8.10. The molecule has 1 heterocycles. The Morgan fingerprint density at radius 1 is 1.08 bits per heavy atom. The van der Waals surface area contributed by atoms with Gasteiger partial charge in [0, 0.05) is 23.7 Å². The summed E-state index contributed by atoms with van der Waals surface area (Å²) in [6.07, 6.45) is 0.0249. The summed E-state index contributed by atoms with van der Waals surface area (Å²) in [7, 11) is 0. The monoisotopic (exact) mass is 348 g/mol. The Morgan fingerprint density at radius 2 is 1.80 bits per heavy atom. The van der Waals surface area contributed by atoms with E-state index in [1.807, 2.05) is 0 Å². The quantitative estimate of drug-likeness (QED) is 0.594. The van der Waals surface area contributed by atoms with E-state index in [4.69, 9.17) is 0 Å². The van der Waals surface area contributed by atoms with Crippen molar-refractivity contribution in [2.24, 2.45) is 0 Å². The van der Waals surface area contributed by atoms with Crippen LogP contribution in [0.2, 0.25) is 0 Å². The van der Waals surface area contributed by atoms with E-state index in [0.29, 0.717) is 36.2 Å². The first kappa shape index (κ1) is 17.5. The van der Waals surface area contributed by atoms with Crippen LogP contribution in [0.4, 0.5) is 13.2 Å². The molecule has 0 radical (unpaired) electrons. The molecular weight excluding hydrogens is 329 g/mol. The van der Waals surface area contributed by atoms with Crippen molar-refractivity contribution in [3.63, 3.8) is 0 Å². The molecule has 132 valence electrons. The predicted molar refractivity (Wildman–Crippen MR) is 91.9 cm³/mol. The Labute approximate surface area is 143 Å². The number of benzene rings is 2. The zero-order chi connectivity index (χ0) is 18.0. The maximum absolute atomic E-state index is 14.1. The van der Waals surface area contributed by atoms with Crippen LogP contribution in [0.1, 0.15) is 12.5 Å². The molecule has 0 fully saturated rings. The van der Waals surface area contributed by atoms with Crippen molar-refractivity contribution in [2.75, 3.05) is 13.1 Å². The molecule has 3 nitrogen and oxygen atoms in total. The standard InChI is InChI=1S/C19H19F3N2O/c1-11(25)10-23-7-6-15-16-8-14(21)9-17(22)19(16)24-18(15)12-2-4-13(20)5-3-12/h2-5,8-9,11,23-25H,6-7,10H2,1H3. The molecule has 1 aromatic heterocycles. The van der Waals surface area contributed by atoms with Gasteiger partial charge in [0.1, 0.15) is 17.5 Å². The van der Waals surface area contributed by atoms with Crippen LogP contribution >= 0.6 is 0 Å². The maximum atomic E-state index is 14.1. The number of aromatic nitrogens is 1. The van der Waals surface area contributed by atoms with E-state index in [1.54, 1.807) is 19.1 Å². The van der Waals surface area contributed by atoms with Crippen molar-refractivity contribution in [2.45, 2.75) is 19.4 Å². The van der Waals surface area contributed by atoms with Gasteiger partial charge in [-0.05, 0) is 61.3 Å². The van der Waals surface area contributed by atoms with Gasteiger partial charge in [-0.2, -0.15) is 0 Å². The minimum atomic E-state index is -0.665. The average molecular weight is 348 g/mol. The largest absolute Gasteiger partial charge is 0.392 e. The summed E-state index contributed by atoms with van der Waals surface area (Å²) in [4.78, 5) is 3.00. The third-order valence-corrected chi connectivity index (χ3v) is 4.06. The van der Waals surface area contributed by atoms with Crippen LogP contribution in [-0.4, -0.2) is 29.3 Å². The number of hydrogen-bond donors (Lipinski definition) is 3. The van der Waals surface area contributed by atoms with Gasteiger partial charge in [0.25, 0.3) is 0 Å². The van der Waals surface area contributed by atoms with Gasteiger partial charge in [-0.3, -0.25) is 0 Å². The SMILES string of the molecule is CC(O)CNCCc1c(-c2ccc(F)cc2)[nH]c2c(F)cc(F)cc12. The van der Waals surface area contributed by atoms with E-state index in [1.165, 1.54) is 18.2 Å². The van der Waals surface area contributed by atoms with Crippen LogP contribution in [0.25, 0.3) is 22.2 Å². The van der Waals surface area contributed by atoms with Crippen molar-refractivity contribution in [3.05, 3.63) is 59.4 Å². The summed E-state index contributed by atoms with van der Waals surface area (Å²) >= 11 is 0. The molecule has 0 spiro atoms. The lowest BCUT2D eigenvalue weighted by Gasteiger charge is -2.08. The van der Waals surface area contributed by atoms with Gasteiger partial charge in [0.2, 0.25) is 0 Å². The molecule has 0 saturated carbocycles. The first-order valence-electron chi connectivity index (χ1n) is 8.10. The van der Waals surface area contributed by atoms with E-state index in [2.05, 4.69) is 10.3 Å². The molecule has 3 aromatic rings. The predicted octanol–water partition coefficient (Wildman–Crippen LogP) is 3.77. The van der Waals surface area contributed by atoms with Crippen molar-refractivity contribution in [1.29, 1.82) is 0 Å². The van der Waals surface area contributed by atoms with Crippen LogP contribution < -0.4 is 5.32 Å². The molecule has 3 N–H and O–H groups in total. The van der Waals surface area contributed by atoms with Crippen LogP contribution in [0, 0.1) is 17.5 Å². The fraction of sp³-hybridized carbons (Fsp3) is 0.263. The highest BCUT2D eigenvalue weighted by atomic mass is 19.1. The van der Waals surface area contributed by atoms with Gasteiger partial charge < -0.3 is 15.4 Å². The highest BCUT2D eigenvalue weighted by Gasteiger charge is 2.17. The topological polar surface area (TPSA) is 48.0 Å². The Morgan fingerprint density at radius 3 is 2.48 bits per heavy atom. The van der Waals surface area contributed by atoms with Crippen LogP contribution in [0.15, 0.2) is 36.4 Å². The van der Waals surface area contributed by atoms with E-state index in [0.717, 1.165) is 11.6 Å². The lowest BCUT2D eigenvalue weighted by Crippen LogP contribution is -2.26. The third kappa shape index (κ3) is 3.86. The molecular formula is C19H19F3N2O. The number of H-pyrrole nitrogens is 1. The van der Waals surface area contributed by atoms with E-state index >= 15 is 0 Å². The molecule has 6 heteroatoms. The molecule has 0 amide bonds. The van der Waals surface area contributed by atoms with Crippen LogP contribution in [0.3, 0.4) is 0 Å². The van der Waals surface area contributed by atoms with Crippen LogP contribution in [-0.2, 0) is 6.42 Å². The number of hydrogen-bond acceptors (Lipinski definition) is 2. The van der Waals surface area contributed by atoms with Gasteiger partial charge in [-0.15, -0.1) is 0 Å². The molecule has 25 heavy (non-hydrogen) atoms. The van der Waals surface area contributed by atoms with Gasteiger partial charge in [0.15, 0.2) is 0 Å². The first-order chi connectivity index (χ1) is 12.0. The Bertz CT molecular complexity index is 873. The highest BCUT2D eigenvalue weighted by Crippen LogP contribution is 2.32. The molecule has 0 aliphatic heterocycles. The number of aliphatic hydroxyl groups is 1. The van der Waals surface area contributed by atoms with Crippen LogP contribution in [0.5, 0.6) is 0 Å². The molecule has 1 atom stereocenters. The summed E-state index contributed by atoms with van der Waals surface area (Å²) in [6, 6.07) is 7.98. The average Bonchev–Trinajstić information content (AvgIpc) is 2.91. The summed E-state index contributed by atoms with van der Waals surface area (Å²) in [5.74, 6) is -1.67. The Balaban J connectivity index is 2.03. The smallest absolute Gasteiger partial charge is 0.150 e. The minimum Gasteiger partial charge on any atom is -0.392 e. The normalized spacial score (nSPS) is 12.7. The molecule has 0 saturated heterocycles. The number of rotatable bonds is 6. The second-order valence-electron chi connectivity index (χ2n) is 6.10. The zero-order valence-corrected chi connectivity index (χ0v) is 13.7. The second kappa shape index (κ2) is 7.29. The van der Waals surface area contributed by atoms with E-state index in [-0.39, 0.29) is 11.3 Å². The highest BCUT2D eigenvalue weighted by molar-refractivity contribution is 5.91. The van der Waals surface area contributed by atoms with Crippen molar-refractivity contribution < 1.29 is 18.3 Å². The summed E-state index contributed by atoms with van der Waals surface area (Å²) in [5.41, 5.74) is 2.31. The Kier molecular flexibility index (Phi) is 5.11. The van der Waals surface area contributed by atoms with Gasteiger partial charge in [-0.1, -0.05) is 0 Å². The third-order valence-electron chi connectivity index (χ3n) is 4.06. The Hall–Kier alpha value is -2.31. The molecule has 0 bridgehead atoms. The van der Waals surface area contributed by atoms with Crippen molar-refractivity contribution in [1.82, 2.24) is 10.3 Å². The fourth-order valence-electron chi connectivity index (χ4n) is 2.92. The van der Waals surface area contributed by atoms with Gasteiger partial charge in [0.05, 0.1) is 11.6 Å². The number of fused-ring (bicyclic) bond motifs is 1. The van der Waals surface area contributed by atoms with Crippen molar-refractivity contribution in [3.8, 4) is 11.3 Å². The zero-order valence-electron chi connectivity index (χ0n) is 13.7. The summed E-state index contributed by atoms with van der Waals surface area (Å²) < 4.78 is 41.0.